The molecule has 1 unspecified atom stereocenters. The van der Waals surface area contributed by atoms with Gasteiger partial charge in [-0.05, 0) is 25.5 Å². The van der Waals surface area contributed by atoms with Gasteiger partial charge < -0.3 is 9.80 Å². The summed E-state index contributed by atoms with van der Waals surface area (Å²) in [4.78, 5) is 24.8. The Kier molecular flexibility index (Phi) is 5.22. The minimum absolute atomic E-state index is 0.104. The highest BCUT2D eigenvalue weighted by molar-refractivity contribution is 7.91. The molecule has 0 spiro atoms. The van der Waals surface area contributed by atoms with Crippen LogP contribution in [0, 0.1) is 0 Å². The zero-order valence-electron chi connectivity index (χ0n) is 14.9. The Labute approximate surface area is 153 Å². The summed E-state index contributed by atoms with van der Waals surface area (Å²) >= 11 is 0. The molecule has 1 aromatic heterocycles. The average molecular weight is 374 g/mol. The van der Waals surface area contributed by atoms with Crippen molar-refractivity contribution in [1.29, 1.82) is 0 Å². The summed E-state index contributed by atoms with van der Waals surface area (Å²) in [6.45, 7) is 2.42. The quantitative estimate of drug-likeness (QED) is 0.793. The Balaban J connectivity index is 1.75. The Hall–Kier alpha value is -2.48. The number of sulfone groups is 1. The first kappa shape index (κ1) is 18.3. The number of hydrogen-bond donors (Lipinski definition) is 0. The highest BCUT2D eigenvalue weighted by Crippen LogP contribution is 2.21. The summed E-state index contributed by atoms with van der Waals surface area (Å²) in [5.74, 6) is 0.674. The summed E-state index contributed by atoms with van der Waals surface area (Å²) in [6.07, 6.45) is 3.55. The number of anilines is 2. The van der Waals surface area contributed by atoms with E-state index in [2.05, 4.69) is 9.97 Å². The van der Waals surface area contributed by atoms with Crippen molar-refractivity contribution >= 4 is 27.2 Å². The highest BCUT2D eigenvalue weighted by atomic mass is 32.2. The van der Waals surface area contributed by atoms with Gasteiger partial charge in [0.05, 0.1) is 23.9 Å². The number of rotatable bonds is 5. The molecule has 2 heterocycles. The summed E-state index contributed by atoms with van der Waals surface area (Å²) < 4.78 is 23.3. The van der Waals surface area contributed by atoms with E-state index < -0.39 is 9.84 Å². The zero-order valence-corrected chi connectivity index (χ0v) is 15.7. The smallest absolute Gasteiger partial charge is 0.278 e. The molecule has 0 radical (unpaired) electrons. The van der Waals surface area contributed by atoms with Gasteiger partial charge in [-0.2, -0.15) is 0 Å². The lowest BCUT2D eigenvalue weighted by atomic mass is 10.2. The van der Waals surface area contributed by atoms with Gasteiger partial charge >= 0.3 is 0 Å². The molecule has 0 N–H and O–H groups in total. The number of hydrogen-bond acceptors (Lipinski definition) is 6. The predicted molar refractivity (Wildman–Crippen MR) is 101 cm³/mol. The van der Waals surface area contributed by atoms with Gasteiger partial charge in [-0.1, -0.05) is 18.2 Å². The largest absolute Gasteiger partial charge is 0.354 e. The molecular formula is C18H22N4O3S. The van der Waals surface area contributed by atoms with E-state index in [1.54, 1.807) is 11.9 Å². The van der Waals surface area contributed by atoms with E-state index in [9.17, 15) is 13.2 Å². The van der Waals surface area contributed by atoms with Crippen molar-refractivity contribution in [3.8, 4) is 0 Å². The Morgan fingerprint density at radius 3 is 2.46 bits per heavy atom. The van der Waals surface area contributed by atoms with E-state index in [1.165, 1.54) is 12.4 Å². The number of carbonyl (C=O) groups excluding carboxylic acids is 1. The maximum absolute atomic E-state index is 12.7. The fraction of sp³-hybridized carbons (Fsp3) is 0.389. The van der Waals surface area contributed by atoms with Gasteiger partial charge in [0.25, 0.3) is 5.91 Å². The van der Waals surface area contributed by atoms with Crippen molar-refractivity contribution in [3.63, 3.8) is 0 Å². The first-order chi connectivity index (χ1) is 12.4. The molecule has 7 nitrogen and oxygen atoms in total. The Morgan fingerprint density at radius 1 is 1.19 bits per heavy atom. The van der Waals surface area contributed by atoms with Crippen LogP contribution >= 0.6 is 0 Å². The number of aromatic nitrogens is 2. The normalized spacial score (nSPS) is 18.5. The van der Waals surface area contributed by atoms with Crippen LogP contribution in [0.2, 0.25) is 0 Å². The molecule has 1 aliphatic rings. The number of nitrogens with zero attached hydrogens (tertiary/aromatic N) is 4. The van der Waals surface area contributed by atoms with Gasteiger partial charge in [-0.3, -0.25) is 4.79 Å². The van der Waals surface area contributed by atoms with E-state index >= 15 is 0 Å². The van der Waals surface area contributed by atoms with Gasteiger partial charge in [0.2, 0.25) is 0 Å². The molecule has 138 valence electrons. The molecule has 1 amide bonds. The molecule has 0 bridgehead atoms. The van der Waals surface area contributed by atoms with Crippen molar-refractivity contribution in [2.45, 2.75) is 19.4 Å². The number of benzene rings is 1. The van der Waals surface area contributed by atoms with Gasteiger partial charge in [-0.25, -0.2) is 18.4 Å². The van der Waals surface area contributed by atoms with Gasteiger partial charge in [0.15, 0.2) is 9.84 Å². The Bertz CT molecular complexity index is 869. The van der Waals surface area contributed by atoms with Crippen LogP contribution in [0.25, 0.3) is 0 Å². The first-order valence-electron chi connectivity index (χ1n) is 8.53. The second-order valence-electron chi connectivity index (χ2n) is 6.31. The monoisotopic (exact) mass is 374 g/mol. The second-order valence-corrected chi connectivity index (χ2v) is 8.54. The summed E-state index contributed by atoms with van der Waals surface area (Å²) in [6, 6.07) is 9.30. The zero-order chi connectivity index (χ0) is 18.7. The third kappa shape index (κ3) is 3.85. The SMILES string of the molecule is CCN(C(=O)c1cnc(N(C)C2CCS(=O)(=O)C2)cn1)c1ccccc1. The maximum atomic E-state index is 12.7. The maximum Gasteiger partial charge on any atom is 0.278 e. The standard InChI is InChI=1S/C18H22N4O3S/c1-3-22(14-7-5-4-6-8-14)18(23)16-11-20-17(12-19-16)21(2)15-9-10-26(24,25)13-15/h4-8,11-12,15H,3,9-10,13H2,1-2H3. The lowest BCUT2D eigenvalue weighted by Gasteiger charge is -2.24. The molecule has 2 aromatic rings. The molecule has 1 saturated heterocycles. The number of amides is 1. The number of carbonyl (C=O) groups is 1. The summed E-state index contributed by atoms with van der Waals surface area (Å²) in [5.41, 5.74) is 1.06. The average Bonchev–Trinajstić information content (AvgIpc) is 3.02. The summed E-state index contributed by atoms with van der Waals surface area (Å²) in [7, 11) is -1.16. The van der Waals surface area contributed by atoms with Gasteiger partial charge in [0, 0.05) is 25.3 Å². The van der Waals surface area contributed by atoms with Crippen LogP contribution in [-0.2, 0) is 9.84 Å². The van der Waals surface area contributed by atoms with Gasteiger partial charge in [0.1, 0.15) is 11.5 Å². The van der Waals surface area contributed by atoms with Crippen molar-refractivity contribution in [3.05, 3.63) is 48.4 Å². The minimum Gasteiger partial charge on any atom is -0.354 e. The molecule has 1 aromatic carbocycles. The highest BCUT2D eigenvalue weighted by Gasteiger charge is 2.31. The molecule has 26 heavy (non-hydrogen) atoms. The van der Waals surface area contributed by atoms with Crippen LogP contribution in [0.1, 0.15) is 23.8 Å². The van der Waals surface area contributed by atoms with E-state index in [0.29, 0.717) is 18.8 Å². The molecule has 1 fully saturated rings. The van der Waals surface area contributed by atoms with E-state index in [-0.39, 0.29) is 29.1 Å². The Morgan fingerprint density at radius 2 is 1.92 bits per heavy atom. The van der Waals surface area contributed by atoms with E-state index in [1.807, 2.05) is 42.2 Å². The molecule has 1 atom stereocenters. The minimum atomic E-state index is -2.97. The van der Waals surface area contributed by atoms with Crippen LogP contribution in [0.5, 0.6) is 0 Å². The van der Waals surface area contributed by atoms with Crippen molar-refractivity contribution in [2.24, 2.45) is 0 Å². The molecular weight excluding hydrogens is 352 g/mol. The topological polar surface area (TPSA) is 83.5 Å². The molecule has 0 aliphatic carbocycles. The lowest BCUT2D eigenvalue weighted by molar-refractivity contribution is 0.0983. The van der Waals surface area contributed by atoms with Crippen molar-refractivity contribution < 1.29 is 13.2 Å². The molecule has 3 rings (SSSR count). The lowest BCUT2D eigenvalue weighted by Crippen LogP contribution is -2.34. The molecule has 1 aliphatic heterocycles. The fourth-order valence-corrected chi connectivity index (χ4v) is 4.85. The first-order valence-corrected chi connectivity index (χ1v) is 10.4. The summed E-state index contributed by atoms with van der Waals surface area (Å²) in [5, 5.41) is 0. The fourth-order valence-electron chi connectivity index (χ4n) is 3.07. The third-order valence-electron chi connectivity index (χ3n) is 4.60. The van der Waals surface area contributed by atoms with Crippen molar-refractivity contribution in [1.82, 2.24) is 9.97 Å². The van der Waals surface area contributed by atoms with Crippen LogP contribution < -0.4 is 9.80 Å². The molecule has 0 saturated carbocycles. The molecule has 8 heteroatoms. The van der Waals surface area contributed by atoms with E-state index in [0.717, 1.165) is 5.69 Å². The second kappa shape index (κ2) is 7.41. The van der Waals surface area contributed by atoms with Gasteiger partial charge in [-0.15, -0.1) is 0 Å². The van der Waals surface area contributed by atoms with Crippen LogP contribution in [0.15, 0.2) is 42.7 Å². The van der Waals surface area contributed by atoms with E-state index in [4.69, 9.17) is 0 Å². The van der Waals surface area contributed by atoms with Crippen LogP contribution in [0.4, 0.5) is 11.5 Å². The predicted octanol–water partition coefficient (Wildman–Crippen LogP) is 1.77. The third-order valence-corrected chi connectivity index (χ3v) is 6.35. The van der Waals surface area contributed by atoms with Crippen LogP contribution in [0.3, 0.4) is 0 Å². The number of para-hydroxylation sites is 1. The van der Waals surface area contributed by atoms with Crippen molar-refractivity contribution in [2.75, 3.05) is 34.9 Å². The van der Waals surface area contributed by atoms with Crippen LogP contribution in [-0.4, -0.2) is 55.4 Å².